The first-order valence-electron chi connectivity index (χ1n) is 7.52. The fourth-order valence-electron chi connectivity index (χ4n) is 3.51. The minimum absolute atomic E-state index is 0.307. The van der Waals surface area contributed by atoms with Gasteiger partial charge in [0.2, 0.25) is 0 Å². The Labute approximate surface area is 108 Å². The fraction of sp³-hybridized carbons (Fsp3) is 1.00. The highest BCUT2D eigenvalue weighted by Gasteiger charge is 2.41. The molecular weight excluding hydrogens is 208 g/mol. The number of unbranched alkanes of at least 4 members (excludes halogenated alkanes) is 2. The Hall–Kier alpha value is -0.0800. The van der Waals surface area contributed by atoms with Crippen LogP contribution in [0.15, 0.2) is 0 Å². The monoisotopic (exact) mass is 240 g/mol. The topological polar surface area (TPSA) is 29.3 Å². The second-order valence-corrected chi connectivity index (χ2v) is 6.27. The molecule has 0 amide bonds. The van der Waals surface area contributed by atoms with Gasteiger partial charge in [0.15, 0.2) is 0 Å². The molecule has 0 heterocycles. The third-order valence-electron chi connectivity index (χ3n) is 4.45. The molecule has 0 aromatic heterocycles. The summed E-state index contributed by atoms with van der Waals surface area (Å²) in [6, 6.07) is 0.626. The van der Waals surface area contributed by atoms with E-state index in [0.29, 0.717) is 11.6 Å². The van der Waals surface area contributed by atoms with Crippen LogP contribution in [-0.2, 0) is 0 Å². The molecule has 17 heavy (non-hydrogen) atoms. The molecule has 1 aliphatic rings. The van der Waals surface area contributed by atoms with E-state index in [1.165, 1.54) is 45.1 Å². The zero-order valence-corrected chi connectivity index (χ0v) is 12.3. The van der Waals surface area contributed by atoms with Gasteiger partial charge in [-0.1, -0.05) is 26.7 Å². The first-order valence-corrected chi connectivity index (χ1v) is 7.52. The third-order valence-corrected chi connectivity index (χ3v) is 4.45. The lowest BCUT2D eigenvalue weighted by Gasteiger charge is -2.44. The molecule has 2 heteroatoms. The van der Waals surface area contributed by atoms with Crippen LogP contribution < -0.4 is 5.73 Å². The molecule has 0 saturated heterocycles. The van der Waals surface area contributed by atoms with Crippen molar-refractivity contribution in [2.45, 2.75) is 77.8 Å². The number of nitrogens with zero attached hydrogens (tertiary/aromatic N) is 1. The second kappa shape index (κ2) is 6.75. The lowest BCUT2D eigenvalue weighted by Crippen LogP contribution is -2.55. The largest absolute Gasteiger partial charge is 0.329 e. The van der Waals surface area contributed by atoms with Crippen molar-refractivity contribution in [2.24, 2.45) is 11.7 Å². The molecule has 1 saturated carbocycles. The molecule has 0 radical (unpaired) electrons. The van der Waals surface area contributed by atoms with Gasteiger partial charge in [-0.25, -0.2) is 0 Å². The third kappa shape index (κ3) is 3.69. The molecule has 2 unspecified atom stereocenters. The summed E-state index contributed by atoms with van der Waals surface area (Å²) in [6.07, 6.45) is 7.93. The van der Waals surface area contributed by atoms with Crippen molar-refractivity contribution < 1.29 is 0 Å². The number of nitrogens with two attached hydrogens (primary N) is 1. The van der Waals surface area contributed by atoms with E-state index in [1.807, 2.05) is 0 Å². The van der Waals surface area contributed by atoms with Crippen LogP contribution in [0.25, 0.3) is 0 Å². The summed E-state index contributed by atoms with van der Waals surface area (Å²) in [6.45, 7) is 11.4. The van der Waals surface area contributed by atoms with E-state index in [9.17, 15) is 0 Å². The van der Waals surface area contributed by atoms with E-state index < -0.39 is 0 Å². The van der Waals surface area contributed by atoms with Crippen molar-refractivity contribution in [1.29, 1.82) is 0 Å². The molecule has 0 bridgehead atoms. The molecule has 2 nitrogen and oxygen atoms in total. The summed E-state index contributed by atoms with van der Waals surface area (Å²) in [7, 11) is 0. The van der Waals surface area contributed by atoms with Gasteiger partial charge in [-0.2, -0.15) is 0 Å². The summed E-state index contributed by atoms with van der Waals surface area (Å²) in [4.78, 5) is 2.70. The Kier molecular flexibility index (Phi) is 5.94. The quantitative estimate of drug-likeness (QED) is 0.691. The predicted octanol–water partition coefficient (Wildman–Crippen LogP) is 3.40. The van der Waals surface area contributed by atoms with Crippen molar-refractivity contribution >= 4 is 0 Å². The Bertz CT molecular complexity index is 215. The van der Waals surface area contributed by atoms with E-state index in [4.69, 9.17) is 5.73 Å². The smallest absolute Gasteiger partial charge is 0.0337 e. The van der Waals surface area contributed by atoms with Crippen LogP contribution in [0.3, 0.4) is 0 Å². The minimum atomic E-state index is 0.307. The zero-order valence-electron chi connectivity index (χ0n) is 12.3. The average Bonchev–Trinajstić information content (AvgIpc) is 2.67. The molecule has 0 spiro atoms. The van der Waals surface area contributed by atoms with Crippen LogP contribution in [-0.4, -0.2) is 29.6 Å². The molecule has 1 fully saturated rings. The number of hydrogen-bond acceptors (Lipinski definition) is 2. The SMILES string of the molecule is CCCCCN(C(C)C)C1(CN)CCC(C)C1. The van der Waals surface area contributed by atoms with Gasteiger partial charge in [-0.3, -0.25) is 4.90 Å². The van der Waals surface area contributed by atoms with Crippen LogP contribution in [0, 0.1) is 5.92 Å². The van der Waals surface area contributed by atoms with E-state index >= 15 is 0 Å². The van der Waals surface area contributed by atoms with E-state index in [-0.39, 0.29) is 0 Å². The molecule has 2 atom stereocenters. The summed E-state index contributed by atoms with van der Waals surface area (Å²) < 4.78 is 0. The molecule has 0 aromatic carbocycles. The first-order chi connectivity index (χ1) is 8.05. The lowest BCUT2D eigenvalue weighted by molar-refractivity contribution is 0.0613. The minimum Gasteiger partial charge on any atom is -0.329 e. The molecule has 2 N–H and O–H groups in total. The Balaban J connectivity index is 2.66. The molecule has 1 rings (SSSR count). The maximum Gasteiger partial charge on any atom is 0.0337 e. The maximum absolute atomic E-state index is 6.13. The van der Waals surface area contributed by atoms with Gasteiger partial charge in [0, 0.05) is 18.1 Å². The van der Waals surface area contributed by atoms with E-state index in [1.54, 1.807) is 0 Å². The van der Waals surface area contributed by atoms with Crippen molar-refractivity contribution in [2.75, 3.05) is 13.1 Å². The molecule has 0 aromatic rings. The van der Waals surface area contributed by atoms with Gasteiger partial charge in [-0.15, -0.1) is 0 Å². The highest BCUT2D eigenvalue weighted by atomic mass is 15.2. The lowest BCUT2D eigenvalue weighted by atomic mass is 9.92. The van der Waals surface area contributed by atoms with E-state index in [0.717, 1.165) is 12.5 Å². The Morgan fingerprint density at radius 2 is 2.06 bits per heavy atom. The highest BCUT2D eigenvalue weighted by molar-refractivity contribution is 4.99. The number of rotatable bonds is 7. The van der Waals surface area contributed by atoms with Crippen molar-refractivity contribution in [1.82, 2.24) is 4.90 Å². The van der Waals surface area contributed by atoms with Crippen molar-refractivity contribution in [3.8, 4) is 0 Å². The van der Waals surface area contributed by atoms with Crippen LogP contribution in [0.1, 0.15) is 66.2 Å². The maximum atomic E-state index is 6.13. The molecular formula is C15H32N2. The summed E-state index contributed by atoms with van der Waals surface area (Å²) in [5.74, 6) is 0.853. The van der Waals surface area contributed by atoms with Crippen LogP contribution in [0.5, 0.6) is 0 Å². The van der Waals surface area contributed by atoms with Gasteiger partial charge in [0.25, 0.3) is 0 Å². The summed E-state index contributed by atoms with van der Waals surface area (Å²) in [5.41, 5.74) is 6.44. The fourth-order valence-corrected chi connectivity index (χ4v) is 3.51. The molecule has 102 valence electrons. The van der Waals surface area contributed by atoms with Crippen LogP contribution >= 0.6 is 0 Å². The van der Waals surface area contributed by atoms with Crippen molar-refractivity contribution in [3.63, 3.8) is 0 Å². The average molecular weight is 240 g/mol. The van der Waals surface area contributed by atoms with Gasteiger partial charge in [-0.05, 0) is 52.0 Å². The normalized spacial score (nSPS) is 29.5. The Morgan fingerprint density at radius 3 is 2.47 bits per heavy atom. The standard InChI is InChI=1S/C15H32N2/c1-5-6-7-10-17(13(2)3)15(12-16)9-8-14(4)11-15/h13-14H,5-12,16H2,1-4H3. The van der Waals surface area contributed by atoms with Gasteiger partial charge >= 0.3 is 0 Å². The van der Waals surface area contributed by atoms with Crippen LogP contribution in [0.2, 0.25) is 0 Å². The van der Waals surface area contributed by atoms with Crippen LogP contribution in [0.4, 0.5) is 0 Å². The predicted molar refractivity (Wildman–Crippen MR) is 76.2 cm³/mol. The Morgan fingerprint density at radius 1 is 1.35 bits per heavy atom. The molecule has 0 aliphatic heterocycles. The first kappa shape index (κ1) is 15.0. The number of hydrogen-bond donors (Lipinski definition) is 1. The zero-order chi connectivity index (χ0) is 12.9. The summed E-state index contributed by atoms with van der Waals surface area (Å²) >= 11 is 0. The van der Waals surface area contributed by atoms with Gasteiger partial charge in [0.1, 0.15) is 0 Å². The summed E-state index contributed by atoms with van der Waals surface area (Å²) in [5, 5.41) is 0. The van der Waals surface area contributed by atoms with E-state index in [2.05, 4.69) is 32.6 Å². The van der Waals surface area contributed by atoms with Gasteiger partial charge < -0.3 is 5.73 Å². The second-order valence-electron chi connectivity index (χ2n) is 6.27. The van der Waals surface area contributed by atoms with Gasteiger partial charge in [0.05, 0.1) is 0 Å². The highest BCUT2D eigenvalue weighted by Crippen LogP contribution is 2.39. The molecule has 1 aliphatic carbocycles. The van der Waals surface area contributed by atoms with Crippen molar-refractivity contribution in [3.05, 3.63) is 0 Å².